The maximum atomic E-state index is 12.5. The minimum absolute atomic E-state index is 0. The van der Waals surface area contributed by atoms with E-state index in [4.69, 9.17) is 10.5 Å². The fourth-order valence-electron chi connectivity index (χ4n) is 3.03. The van der Waals surface area contributed by atoms with Crippen LogP contribution in [0, 0.1) is 5.92 Å². The number of halogens is 1. The number of para-hydroxylation sites is 1. The van der Waals surface area contributed by atoms with Crippen LogP contribution in [0.25, 0.3) is 0 Å². The van der Waals surface area contributed by atoms with Crippen molar-refractivity contribution in [3.63, 3.8) is 0 Å². The zero-order valence-corrected chi connectivity index (χ0v) is 14.5. The van der Waals surface area contributed by atoms with Crippen LogP contribution in [0.3, 0.4) is 0 Å². The van der Waals surface area contributed by atoms with Crippen LogP contribution in [-0.4, -0.2) is 18.1 Å². The highest BCUT2D eigenvalue weighted by molar-refractivity contribution is 5.85. The highest BCUT2D eigenvalue weighted by atomic mass is 35.5. The first kappa shape index (κ1) is 19.5. The largest absolute Gasteiger partial charge is 0.489 e. The SMILES string of the molecule is C=CCOc1ccccc1CNC(=O)C1CCCCC1(C)N.Cl. The number of rotatable bonds is 6. The van der Waals surface area contributed by atoms with Gasteiger partial charge in [0.1, 0.15) is 12.4 Å². The Morgan fingerprint density at radius 1 is 1.48 bits per heavy atom. The molecule has 4 nitrogen and oxygen atoms in total. The van der Waals surface area contributed by atoms with E-state index in [0.717, 1.165) is 37.0 Å². The van der Waals surface area contributed by atoms with Crippen molar-refractivity contribution >= 4 is 18.3 Å². The fraction of sp³-hybridized carbons (Fsp3) is 0.500. The number of hydrogen-bond donors (Lipinski definition) is 2. The Balaban J connectivity index is 0.00000264. The maximum absolute atomic E-state index is 12.5. The van der Waals surface area contributed by atoms with Gasteiger partial charge in [-0.25, -0.2) is 0 Å². The molecule has 1 amide bonds. The summed E-state index contributed by atoms with van der Waals surface area (Å²) in [5, 5.41) is 3.02. The Morgan fingerprint density at radius 3 is 2.91 bits per heavy atom. The number of nitrogens with two attached hydrogens (primary N) is 1. The third-order valence-corrected chi connectivity index (χ3v) is 4.35. The van der Waals surface area contributed by atoms with Crippen LogP contribution in [0.15, 0.2) is 36.9 Å². The molecule has 1 aliphatic carbocycles. The Labute approximate surface area is 144 Å². The van der Waals surface area contributed by atoms with Crippen LogP contribution < -0.4 is 15.8 Å². The molecule has 1 aliphatic rings. The van der Waals surface area contributed by atoms with E-state index in [1.165, 1.54) is 0 Å². The van der Waals surface area contributed by atoms with Crippen LogP contribution in [-0.2, 0) is 11.3 Å². The van der Waals surface area contributed by atoms with Crippen molar-refractivity contribution < 1.29 is 9.53 Å². The van der Waals surface area contributed by atoms with Crippen LogP contribution in [0.2, 0.25) is 0 Å². The summed E-state index contributed by atoms with van der Waals surface area (Å²) in [6, 6.07) is 7.72. The standard InChI is InChI=1S/C18H26N2O2.ClH/c1-3-12-22-16-10-5-4-8-14(16)13-20-17(21)15-9-6-7-11-18(15,2)19;/h3-5,8,10,15H,1,6-7,9,11-13,19H2,2H3,(H,20,21);1H. The molecule has 0 saturated heterocycles. The number of carbonyl (C=O) groups is 1. The van der Waals surface area contributed by atoms with Gasteiger partial charge in [0.15, 0.2) is 0 Å². The van der Waals surface area contributed by atoms with Crippen molar-refractivity contribution in [3.8, 4) is 5.75 Å². The summed E-state index contributed by atoms with van der Waals surface area (Å²) in [6.07, 6.45) is 5.66. The number of benzene rings is 1. The van der Waals surface area contributed by atoms with Crippen molar-refractivity contribution in [2.45, 2.75) is 44.7 Å². The molecule has 1 aromatic carbocycles. The van der Waals surface area contributed by atoms with Crippen LogP contribution in [0.4, 0.5) is 0 Å². The average Bonchev–Trinajstić information content (AvgIpc) is 2.51. The van der Waals surface area contributed by atoms with E-state index in [0.29, 0.717) is 13.2 Å². The number of nitrogens with one attached hydrogen (secondary N) is 1. The smallest absolute Gasteiger partial charge is 0.225 e. The molecule has 1 fully saturated rings. The molecule has 0 bridgehead atoms. The monoisotopic (exact) mass is 338 g/mol. The zero-order chi connectivity index (χ0) is 16.0. The summed E-state index contributed by atoms with van der Waals surface area (Å²) >= 11 is 0. The molecule has 0 radical (unpaired) electrons. The van der Waals surface area contributed by atoms with Gasteiger partial charge in [-0.1, -0.05) is 43.7 Å². The summed E-state index contributed by atoms with van der Waals surface area (Å²) in [4.78, 5) is 12.5. The van der Waals surface area contributed by atoms with Gasteiger partial charge in [-0.05, 0) is 25.8 Å². The second kappa shape index (κ2) is 8.94. The molecule has 1 aromatic rings. The number of ether oxygens (including phenoxy) is 1. The van der Waals surface area contributed by atoms with Gasteiger partial charge < -0.3 is 15.8 Å². The lowest BCUT2D eigenvalue weighted by Gasteiger charge is -2.37. The van der Waals surface area contributed by atoms with Crippen LogP contribution in [0.1, 0.15) is 38.2 Å². The van der Waals surface area contributed by atoms with Gasteiger partial charge in [-0.15, -0.1) is 12.4 Å². The lowest BCUT2D eigenvalue weighted by Crippen LogP contribution is -2.52. The average molecular weight is 339 g/mol. The number of carbonyl (C=O) groups excluding carboxylic acids is 1. The highest BCUT2D eigenvalue weighted by Gasteiger charge is 2.37. The molecule has 0 heterocycles. The Hall–Kier alpha value is -1.52. The second-order valence-electron chi connectivity index (χ2n) is 6.23. The van der Waals surface area contributed by atoms with Crippen molar-refractivity contribution in [2.75, 3.05) is 6.61 Å². The second-order valence-corrected chi connectivity index (χ2v) is 6.23. The third-order valence-electron chi connectivity index (χ3n) is 4.35. The molecule has 2 unspecified atom stereocenters. The minimum Gasteiger partial charge on any atom is -0.489 e. The number of amides is 1. The van der Waals surface area contributed by atoms with Crippen LogP contribution >= 0.6 is 12.4 Å². The maximum Gasteiger partial charge on any atom is 0.225 e. The third kappa shape index (κ3) is 5.26. The topological polar surface area (TPSA) is 64.3 Å². The molecule has 5 heteroatoms. The molecular formula is C18H27ClN2O2. The molecule has 0 aromatic heterocycles. The van der Waals surface area contributed by atoms with E-state index in [1.54, 1.807) is 6.08 Å². The lowest BCUT2D eigenvalue weighted by molar-refractivity contribution is -0.128. The molecule has 3 N–H and O–H groups in total. The summed E-state index contributed by atoms with van der Waals surface area (Å²) < 4.78 is 5.61. The highest BCUT2D eigenvalue weighted by Crippen LogP contribution is 2.31. The summed E-state index contributed by atoms with van der Waals surface area (Å²) in [5.74, 6) is 0.715. The van der Waals surface area contributed by atoms with E-state index in [9.17, 15) is 4.79 Å². The van der Waals surface area contributed by atoms with E-state index >= 15 is 0 Å². The van der Waals surface area contributed by atoms with Gasteiger partial charge in [-0.2, -0.15) is 0 Å². The van der Waals surface area contributed by atoms with Crippen molar-refractivity contribution in [2.24, 2.45) is 11.7 Å². The Bertz CT molecular complexity index is 532. The first-order valence-corrected chi connectivity index (χ1v) is 7.93. The quantitative estimate of drug-likeness (QED) is 0.783. The molecule has 128 valence electrons. The molecule has 2 rings (SSSR count). The summed E-state index contributed by atoms with van der Waals surface area (Å²) in [7, 11) is 0. The molecular weight excluding hydrogens is 312 g/mol. The Kier molecular flexibility index (Phi) is 7.59. The lowest BCUT2D eigenvalue weighted by atomic mass is 9.74. The van der Waals surface area contributed by atoms with E-state index in [-0.39, 0.29) is 24.2 Å². The molecule has 1 saturated carbocycles. The van der Waals surface area contributed by atoms with Gasteiger partial charge in [0, 0.05) is 17.6 Å². The van der Waals surface area contributed by atoms with Crippen molar-refractivity contribution in [3.05, 3.63) is 42.5 Å². The predicted octanol–water partition coefficient (Wildman–Crippen LogP) is 3.20. The fourth-order valence-corrected chi connectivity index (χ4v) is 3.03. The van der Waals surface area contributed by atoms with Crippen molar-refractivity contribution in [1.82, 2.24) is 5.32 Å². The molecule has 0 aliphatic heterocycles. The van der Waals surface area contributed by atoms with Crippen LogP contribution in [0.5, 0.6) is 5.75 Å². The molecule has 0 spiro atoms. The minimum atomic E-state index is -0.402. The van der Waals surface area contributed by atoms with Crippen molar-refractivity contribution in [1.29, 1.82) is 0 Å². The van der Waals surface area contributed by atoms with Gasteiger partial charge in [0.25, 0.3) is 0 Å². The summed E-state index contributed by atoms with van der Waals surface area (Å²) in [6.45, 7) is 6.54. The first-order valence-electron chi connectivity index (χ1n) is 7.93. The zero-order valence-electron chi connectivity index (χ0n) is 13.7. The van der Waals surface area contributed by atoms with E-state index in [1.807, 2.05) is 31.2 Å². The molecule has 23 heavy (non-hydrogen) atoms. The molecule has 2 atom stereocenters. The van der Waals surface area contributed by atoms with Gasteiger partial charge in [-0.3, -0.25) is 4.79 Å². The van der Waals surface area contributed by atoms with Gasteiger partial charge >= 0.3 is 0 Å². The number of hydrogen-bond acceptors (Lipinski definition) is 3. The first-order chi connectivity index (χ1) is 10.5. The van der Waals surface area contributed by atoms with Gasteiger partial charge in [0.05, 0.1) is 5.92 Å². The predicted molar refractivity (Wildman–Crippen MR) is 95.8 cm³/mol. The van der Waals surface area contributed by atoms with E-state index in [2.05, 4.69) is 11.9 Å². The van der Waals surface area contributed by atoms with E-state index < -0.39 is 5.54 Å². The summed E-state index contributed by atoms with van der Waals surface area (Å²) in [5.41, 5.74) is 6.85. The van der Waals surface area contributed by atoms with Gasteiger partial charge in [0.2, 0.25) is 5.91 Å². The Morgan fingerprint density at radius 2 is 2.22 bits per heavy atom. The normalized spacial score (nSPS) is 23.5.